The fourth-order valence-electron chi connectivity index (χ4n) is 3.15. The third kappa shape index (κ3) is 1.72. The SMILES string of the molecule is O=S(=O)(C1Cc2ccccc2C1)N1Cc2cn[nH]c2C1. The van der Waals surface area contributed by atoms with Gasteiger partial charge < -0.3 is 0 Å². The molecule has 20 heavy (non-hydrogen) atoms. The fraction of sp³-hybridized carbons (Fsp3) is 0.357. The molecule has 5 nitrogen and oxygen atoms in total. The zero-order chi connectivity index (χ0) is 13.7. The number of rotatable bonds is 2. The Balaban J connectivity index is 1.59. The van der Waals surface area contributed by atoms with Crippen LogP contribution in [0.2, 0.25) is 0 Å². The van der Waals surface area contributed by atoms with Gasteiger partial charge in [0, 0.05) is 12.1 Å². The second kappa shape index (κ2) is 4.17. The first-order valence-electron chi connectivity index (χ1n) is 6.71. The Kier molecular flexibility index (Phi) is 2.52. The van der Waals surface area contributed by atoms with Crippen molar-refractivity contribution in [2.24, 2.45) is 0 Å². The van der Waals surface area contributed by atoms with Crippen LogP contribution in [0, 0.1) is 0 Å². The van der Waals surface area contributed by atoms with Crippen LogP contribution in [0.15, 0.2) is 30.5 Å². The topological polar surface area (TPSA) is 66.1 Å². The van der Waals surface area contributed by atoms with Gasteiger partial charge in [0.25, 0.3) is 0 Å². The molecule has 0 bridgehead atoms. The van der Waals surface area contributed by atoms with Crippen LogP contribution in [0.25, 0.3) is 0 Å². The van der Waals surface area contributed by atoms with E-state index in [4.69, 9.17) is 0 Å². The molecule has 0 fully saturated rings. The van der Waals surface area contributed by atoms with E-state index in [0.717, 1.165) is 11.3 Å². The number of aromatic amines is 1. The van der Waals surface area contributed by atoms with E-state index in [-0.39, 0.29) is 5.25 Å². The van der Waals surface area contributed by atoms with Gasteiger partial charge >= 0.3 is 0 Å². The summed E-state index contributed by atoms with van der Waals surface area (Å²) in [7, 11) is -3.26. The molecular formula is C14H15N3O2S. The highest BCUT2D eigenvalue weighted by Crippen LogP contribution is 2.31. The first kappa shape index (κ1) is 12.1. The zero-order valence-electron chi connectivity index (χ0n) is 10.9. The van der Waals surface area contributed by atoms with Gasteiger partial charge in [0.05, 0.1) is 23.7 Å². The van der Waals surface area contributed by atoms with Crippen LogP contribution in [0.4, 0.5) is 0 Å². The number of nitrogens with one attached hydrogen (secondary N) is 1. The van der Waals surface area contributed by atoms with Gasteiger partial charge in [0.15, 0.2) is 0 Å². The third-order valence-electron chi connectivity index (χ3n) is 4.28. The molecule has 0 saturated heterocycles. The van der Waals surface area contributed by atoms with Crippen molar-refractivity contribution in [3.8, 4) is 0 Å². The van der Waals surface area contributed by atoms with E-state index in [0.29, 0.717) is 25.9 Å². The molecule has 104 valence electrons. The molecular weight excluding hydrogens is 274 g/mol. The third-order valence-corrected chi connectivity index (χ3v) is 6.44. The molecule has 4 rings (SSSR count). The number of aromatic nitrogens is 2. The van der Waals surface area contributed by atoms with E-state index in [1.54, 1.807) is 10.5 Å². The lowest BCUT2D eigenvalue weighted by molar-refractivity contribution is 0.418. The summed E-state index contributed by atoms with van der Waals surface area (Å²) in [5.74, 6) is 0. The maximum atomic E-state index is 12.8. The molecule has 0 radical (unpaired) electrons. The molecule has 2 heterocycles. The van der Waals surface area contributed by atoms with Crippen LogP contribution in [-0.2, 0) is 36.0 Å². The molecule has 1 aliphatic carbocycles. The minimum atomic E-state index is -3.26. The smallest absolute Gasteiger partial charge is 0.218 e. The maximum Gasteiger partial charge on any atom is 0.218 e. The van der Waals surface area contributed by atoms with Gasteiger partial charge in [0.2, 0.25) is 10.0 Å². The monoisotopic (exact) mass is 289 g/mol. The first-order valence-corrected chi connectivity index (χ1v) is 8.22. The van der Waals surface area contributed by atoms with Crippen molar-refractivity contribution in [2.45, 2.75) is 31.2 Å². The average Bonchev–Trinajstić information content (AvgIpc) is 3.11. The summed E-state index contributed by atoms with van der Waals surface area (Å²) in [6.45, 7) is 0.867. The average molecular weight is 289 g/mol. The Labute approximate surface area is 117 Å². The number of H-pyrrole nitrogens is 1. The number of benzene rings is 1. The second-order valence-electron chi connectivity index (χ2n) is 5.49. The van der Waals surface area contributed by atoms with Crippen molar-refractivity contribution in [3.05, 3.63) is 52.8 Å². The molecule has 0 atom stereocenters. The molecule has 0 unspecified atom stereocenters. The zero-order valence-corrected chi connectivity index (χ0v) is 11.7. The van der Waals surface area contributed by atoms with Gasteiger partial charge in [-0.15, -0.1) is 0 Å². The summed E-state index contributed by atoms with van der Waals surface area (Å²) in [4.78, 5) is 0. The van der Waals surface area contributed by atoms with Crippen LogP contribution < -0.4 is 0 Å². The predicted molar refractivity (Wildman–Crippen MR) is 74.4 cm³/mol. The van der Waals surface area contributed by atoms with Crippen molar-refractivity contribution in [3.63, 3.8) is 0 Å². The van der Waals surface area contributed by atoms with Gasteiger partial charge in [-0.2, -0.15) is 9.40 Å². The van der Waals surface area contributed by atoms with E-state index in [9.17, 15) is 8.42 Å². The molecule has 1 aromatic carbocycles. The summed E-state index contributed by atoms with van der Waals surface area (Å²) >= 11 is 0. The normalized spacial score (nSPS) is 19.2. The van der Waals surface area contributed by atoms with E-state index in [1.165, 1.54) is 11.1 Å². The van der Waals surface area contributed by atoms with Crippen molar-refractivity contribution in [1.82, 2.24) is 14.5 Å². The number of fused-ring (bicyclic) bond motifs is 2. The van der Waals surface area contributed by atoms with E-state index >= 15 is 0 Å². The number of nitrogens with zero attached hydrogens (tertiary/aromatic N) is 2. The summed E-state index contributed by atoms with van der Waals surface area (Å²) in [5, 5.41) is 6.49. The van der Waals surface area contributed by atoms with Gasteiger partial charge in [-0.3, -0.25) is 5.10 Å². The molecule has 1 aromatic heterocycles. The molecule has 0 spiro atoms. The van der Waals surface area contributed by atoms with Crippen molar-refractivity contribution in [1.29, 1.82) is 0 Å². The summed E-state index contributed by atoms with van der Waals surface area (Å²) in [6.07, 6.45) is 2.97. The number of hydrogen-bond donors (Lipinski definition) is 1. The second-order valence-corrected chi connectivity index (χ2v) is 7.70. The summed E-state index contributed by atoms with van der Waals surface area (Å²) in [6, 6.07) is 8.00. The molecule has 1 N–H and O–H groups in total. The Bertz CT molecular complexity index is 721. The quantitative estimate of drug-likeness (QED) is 0.904. The van der Waals surface area contributed by atoms with Crippen LogP contribution >= 0.6 is 0 Å². The Morgan fingerprint density at radius 2 is 1.80 bits per heavy atom. The molecule has 1 aliphatic heterocycles. The van der Waals surface area contributed by atoms with E-state index in [1.807, 2.05) is 24.3 Å². The van der Waals surface area contributed by atoms with Crippen LogP contribution in [0.3, 0.4) is 0 Å². The molecule has 0 saturated carbocycles. The Morgan fingerprint density at radius 1 is 1.10 bits per heavy atom. The van der Waals surface area contributed by atoms with Gasteiger partial charge in [-0.25, -0.2) is 8.42 Å². The highest BCUT2D eigenvalue weighted by Gasteiger charge is 2.39. The van der Waals surface area contributed by atoms with E-state index in [2.05, 4.69) is 10.2 Å². The van der Waals surface area contributed by atoms with Gasteiger partial charge in [-0.1, -0.05) is 24.3 Å². The molecule has 0 amide bonds. The minimum Gasteiger partial charge on any atom is -0.281 e. The first-order chi connectivity index (χ1) is 9.64. The standard InChI is InChI=1S/C14H15N3O2S/c18-20(19,17-8-12-7-15-16-14(12)9-17)13-5-10-3-1-2-4-11(10)6-13/h1-4,7,13H,5-6,8-9H2,(H,15,16). The lowest BCUT2D eigenvalue weighted by atomic mass is 10.1. The van der Waals surface area contributed by atoms with E-state index < -0.39 is 10.0 Å². The van der Waals surface area contributed by atoms with Crippen LogP contribution in [-0.4, -0.2) is 28.2 Å². The van der Waals surface area contributed by atoms with Crippen molar-refractivity contribution < 1.29 is 8.42 Å². The van der Waals surface area contributed by atoms with Crippen LogP contribution in [0.1, 0.15) is 22.4 Å². The number of sulfonamides is 1. The van der Waals surface area contributed by atoms with Crippen molar-refractivity contribution >= 4 is 10.0 Å². The number of hydrogen-bond acceptors (Lipinski definition) is 3. The predicted octanol–water partition coefficient (Wildman–Crippen LogP) is 1.22. The fourth-order valence-corrected chi connectivity index (χ4v) is 4.98. The molecule has 2 aliphatic rings. The van der Waals surface area contributed by atoms with Gasteiger partial charge in [-0.05, 0) is 24.0 Å². The van der Waals surface area contributed by atoms with Gasteiger partial charge in [0.1, 0.15) is 0 Å². The molecule has 6 heteroatoms. The Hall–Kier alpha value is -1.66. The lowest BCUT2D eigenvalue weighted by Gasteiger charge is -2.20. The molecule has 2 aromatic rings. The van der Waals surface area contributed by atoms with Crippen LogP contribution in [0.5, 0.6) is 0 Å². The maximum absolute atomic E-state index is 12.8. The highest BCUT2D eigenvalue weighted by atomic mass is 32.2. The lowest BCUT2D eigenvalue weighted by Crippen LogP contribution is -2.36. The highest BCUT2D eigenvalue weighted by molar-refractivity contribution is 7.89. The Morgan fingerprint density at radius 3 is 2.45 bits per heavy atom. The van der Waals surface area contributed by atoms with Crippen molar-refractivity contribution in [2.75, 3.05) is 0 Å². The minimum absolute atomic E-state index is 0.322. The summed E-state index contributed by atoms with van der Waals surface area (Å²) < 4.78 is 27.1. The summed E-state index contributed by atoms with van der Waals surface area (Å²) in [5.41, 5.74) is 4.24. The largest absolute Gasteiger partial charge is 0.281 e.